The predicted molar refractivity (Wildman–Crippen MR) is 41.3 cm³/mol. The fourth-order valence-electron chi connectivity index (χ4n) is 0.472. The molecule has 0 aromatic heterocycles. The van der Waals surface area contributed by atoms with E-state index >= 15 is 0 Å². The molecule has 0 unspecified atom stereocenters. The van der Waals surface area contributed by atoms with E-state index in [0.717, 1.165) is 0 Å². The molecule has 0 rings (SSSR count). The van der Waals surface area contributed by atoms with Crippen LogP contribution in [0.2, 0.25) is 0 Å². The lowest BCUT2D eigenvalue weighted by Gasteiger charge is -2.01. The molecule has 0 saturated carbocycles. The predicted octanol–water partition coefficient (Wildman–Crippen LogP) is -2.61. The zero-order chi connectivity index (χ0) is 11.1. The zero-order valence-electron chi connectivity index (χ0n) is 6.94. The van der Waals surface area contributed by atoms with Gasteiger partial charge in [0, 0.05) is 0 Å². The topological polar surface area (TPSA) is 133 Å². The molecule has 0 atom stereocenters. The maximum Gasteiger partial charge on any atom is 0.322 e. The molecule has 0 aromatic rings. The van der Waals surface area contributed by atoms with E-state index < -0.39 is 36.8 Å². The van der Waals surface area contributed by atoms with Crippen LogP contribution in [0.5, 0.6) is 0 Å². The van der Waals surface area contributed by atoms with Crippen molar-refractivity contribution < 1.29 is 29.4 Å². The molecule has 0 spiro atoms. The van der Waals surface area contributed by atoms with Crippen LogP contribution in [0, 0.1) is 0 Å². The Morgan fingerprint density at radius 3 is 1.29 bits per heavy atom. The second-order valence-electron chi connectivity index (χ2n) is 2.15. The van der Waals surface area contributed by atoms with Gasteiger partial charge < -0.3 is 20.8 Å². The van der Waals surface area contributed by atoms with Gasteiger partial charge in [0.1, 0.15) is 13.1 Å². The summed E-state index contributed by atoms with van der Waals surface area (Å²) in [6.07, 6.45) is 0. The zero-order valence-corrected chi connectivity index (χ0v) is 6.94. The van der Waals surface area contributed by atoms with Gasteiger partial charge >= 0.3 is 23.8 Å². The van der Waals surface area contributed by atoms with Crippen molar-refractivity contribution >= 4 is 23.8 Å². The molecule has 8 nitrogen and oxygen atoms in total. The molecule has 0 bridgehead atoms. The number of carboxylic acid groups (broad SMARTS) is 2. The van der Waals surface area contributed by atoms with E-state index in [4.69, 9.17) is 10.2 Å². The van der Waals surface area contributed by atoms with Gasteiger partial charge in [-0.2, -0.15) is 0 Å². The number of aliphatic carboxylic acids is 2. The summed E-state index contributed by atoms with van der Waals surface area (Å²) in [4.78, 5) is 41.3. The number of carbonyl (C=O) groups excluding carboxylic acids is 2. The molecule has 0 aromatic carbocycles. The highest BCUT2D eigenvalue weighted by atomic mass is 16.4. The molecule has 0 heterocycles. The molecule has 0 aliphatic carbocycles. The lowest BCUT2D eigenvalue weighted by Crippen LogP contribution is -2.43. The van der Waals surface area contributed by atoms with Gasteiger partial charge in [0.05, 0.1) is 0 Å². The molecule has 4 N–H and O–H groups in total. The first-order chi connectivity index (χ1) is 6.43. The number of amides is 2. The van der Waals surface area contributed by atoms with Crippen LogP contribution in [0.4, 0.5) is 0 Å². The van der Waals surface area contributed by atoms with E-state index in [1.807, 2.05) is 0 Å². The molecule has 0 fully saturated rings. The second kappa shape index (κ2) is 5.51. The Hall–Kier alpha value is -2.12. The largest absolute Gasteiger partial charge is 0.480 e. The SMILES string of the molecule is O=C(O)CNC(=O)C(=O)NCC(=O)O. The number of hydrogen-bond donors (Lipinski definition) is 4. The molecule has 0 saturated heterocycles. The molecule has 2 amide bonds. The van der Waals surface area contributed by atoms with Crippen molar-refractivity contribution in [2.45, 2.75) is 0 Å². The smallest absolute Gasteiger partial charge is 0.322 e. The highest BCUT2D eigenvalue weighted by Crippen LogP contribution is 1.70. The molecule has 14 heavy (non-hydrogen) atoms. The summed E-state index contributed by atoms with van der Waals surface area (Å²) >= 11 is 0. The van der Waals surface area contributed by atoms with Crippen LogP contribution >= 0.6 is 0 Å². The Balaban J connectivity index is 3.82. The van der Waals surface area contributed by atoms with Gasteiger partial charge in [-0.25, -0.2) is 0 Å². The molecule has 0 aliphatic heterocycles. The van der Waals surface area contributed by atoms with Crippen molar-refractivity contribution in [3.05, 3.63) is 0 Å². The van der Waals surface area contributed by atoms with Crippen LogP contribution in [0.1, 0.15) is 0 Å². The lowest BCUT2D eigenvalue weighted by atomic mass is 10.5. The van der Waals surface area contributed by atoms with Crippen LogP contribution in [-0.2, 0) is 19.2 Å². The van der Waals surface area contributed by atoms with Crippen LogP contribution in [0.25, 0.3) is 0 Å². The summed E-state index contributed by atoms with van der Waals surface area (Å²) in [7, 11) is 0. The summed E-state index contributed by atoms with van der Waals surface area (Å²) in [5, 5.41) is 19.8. The normalized spacial score (nSPS) is 8.86. The number of carbonyl (C=O) groups is 4. The third-order valence-corrected chi connectivity index (χ3v) is 1.01. The van der Waals surface area contributed by atoms with Crippen molar-refractivity contribution in [3.63, 3.8) is 0 Å². The van der Waals surface area contributed by atoms with E-state index in [-0.39, 0.29) is 0 Å². The first-order valence-electron chi connectivity index (χ1n) is 3.43. The molecular weight excluding hydrogens is 196 g/mol. The van der Waals surface area contributed by atoms with Crippen LogP contribution in [-0.4, -0.2) is 47.1 Å². The Morgan fingerprint density at radius 1 is 0.786 bits per heavy atom. The van der Waals surface area contributed by atoms with Crippen molar-refractivity contribution in [1.29, 1.82) is 0 Å². The average Bonchev–Trinajstić information content (AvgIpc) is 2.09. The number of nitrogens with one attached hydrogen (secondary N) is 2. The first-order valence-corrected chi connectivity index (χ1v) is 3.43. The van der Waals surface area contributed by atoms with Crippen LogP contribution in [0.3, 0.4) is 0 Å². The van der Waals surface area contributed by atoms with E-state index in [1.54, 1.807) is 10.6 Å². The van der Waals surface area contributed by atoms with Crippen molar-refractivity contribution in [2.24, 2.45) is 0 Å². The van der Waals surface area contributed by atoms with Gasteiger partial charge in [-0.15, -0.1) is 0 Å². The monoisotopic (exact) mass is 204 g/mol. The van der Waals surface area contributed by atoms with Crippen molar-refractivity contribution in [3.8, 4) is 0 Å². The standard InChI is InChI=1S/C6H8N2O6/c9-3(10)1-7-5(13)6(14)8-2-4(11)12/h1-2H2,(H,7,13)(H,8,14)(H,9,10)(H,11,12). The lowest BCUT2D eigenvalue weighted by molar-refractivity contribution is -0.143. The van der Waals surface area contributed by atoms with Crippen molar-refractivity contribution in [1.82, 2.24) is 10.6 Å². The van der Waals surface area contributed by atoms with E-state index in [9.17, 15) is 19.2 Å². The Morgan fingerprint density at radius 2 is 1.07 bits per heavy atom. The highest BCUT2D eigenvalue weighted by Gasteiger charge is 2.14. The van der Waals surface area contributed by atoms with Crippen LogP contribution in [0.15, 0.2) is 0 Å². The van der Waals surface area contributed by atoms with Gasteiger partial charge in [-0.05, 0) is 0 Å². The summed E-state index contributed by atoms with van der Waals surface area (Å²) in [6, 6.07) is 0. The van der Waals surface area contributed by atoms with Crippen LogP contribution < -0.4 is 10.6 Å². The third kappa shape index (κ3) is 5.52. The summed E-state index contributed by atoms with van der Waals surface area (Å²) in [6.45, 7) is -1.39. The van der Waals surface area contributed by atoms with Gasteiger partial charge in [-0.1, -0.05) is 0 Å². The Kier molecular flexibility index (Phi) is 4.68. The minimum Gasteiger partial charge on any atom is -0.480 e. The van der Waals surface area contributed by atoms with Gasteiger partial charge in [0.15, 0.2) is 0 Å². The Bertz CT molecular complexity index is 245. The fourth-order valence-corrected chi connectivity index (χ4v) is 0.472. The summed E-state index contributed by atoms with van der Waals surface area (Å²) in [5.74, 6) is -4.98. The number of hydrogen-bond acceptors (Lipinski definition) is 4. The van der Waals surface area contributed by atoms with E-state index in [1.165, 1.54) is 0 Å². The quantitative estimate of drug-likeness (QED) is 0.371. The highest BCUT2D eigenvalue weighted by molar-refractivity contribution is 6.35. The Labute approximate surface area is 77.9 Å². The molecule has 0 radical (unpaired) electrons. The molecule has 78 valence electrons. The first kappa shape index (κ1) is 11.9. The second-order valence-corrected chi connectivity index (χ2v) is 2.15. The van der Waals surface area contributed by atoms with Gasteiger partial charge in [-0.3, -0.25) is 19.2 Å². The van der Waals surface area contributed by atoms with Gasteiger partial charge in [0.2, 0.25) is 0 Å². The third-order valence-electron chi connectivity index (χ3n) is 1.01. The summed E-state index contributed by atoms with van der Waals surface area (Å²) in [5.41, 5.74) is 0. The maximum atomic E-state index is 10.7. The summed E-state index contributed by atoms with van der Waals surface area (Å²) < 4.78 is 0. The van der Waals surface area contributed by atoms with E-state index in [2.05, 4.69) is 0 Å². The van der Waals surface area contributed by atoms with Gasteiger partial charge in [0.25, 0.3) is 0 Å². The average molecular weight is 204 g/mol. The number of carboxylic acids is 2. The van der Waals surface area contributed by atoms with E-state index in [0.29, 0.717) is 0 Å². The molecular formula is C6H8N2O6. The molecule has 8 heteroatoms. The van der Waals surface area contributed by atoms with Crippen molar-refractivity contribution in [2.75, 3.05) is 13.1 Å². The maximum absolute atomic E-state index is 10.7. The fraction of sp³-hybridized carbons (Fsp3) is 0.333. The minimum absolute atomic E-state index is 0.695. The number of rotatable bonds is 4. The molecule has 0 aliphatic rings. The minimum atomic E-state index is -1.30.